The van der Waals surface area contributed by atoms with Gasteiger partial charge in [0, 0.05) is 17.5 Å². The van der Waals surface area contributed by atoms with E-state index in [9.17, 15) is 0 Å². The monoisotopic (exact) mass is 303 g/mol. The fourth-order valence-electron chi connectivity index (χ4n) is 2.57. The van der Waals surface area contributed by atoms with Gasteiger partial charge >= 0.3 is 0 Å². The van der Waals surface area contributed by atoms with E-state index in [1.807, 2.05) is 30.8 Å². The summed E-state index contributed by atoms with van der Waals surface area (Å²) in [5, 5.41) is 15.4. The van der Waals surface area contributed by atoms with Gasteiger partial charge in [-0.25, -0.2) is 0 Å². The van der Waals surface area contributed by atoms with Gasteiger partial charge < -0.3 is 5.32 Å². The highest BCUT2D eigenvalue weighted by Crippen LogP contribution is 2.36. The van der Waals surface area contributed by atoms with Crippen molar-refractivity contribution in [2.24, 2.45) is 5.41 Å². The van der Waals surface area contributed by atoms with E-state index in [0.717, 1.165) is 23.0 Å². The van der Waals surface area contributed by atoms with Crippen LogP contribution in [-0.2, 0) is 0 Å². The maximum absolute atomic E-state index is 4.03. The Balaban J connectivity index is 1.82. The predicted molar refractivity (Wildman–Crippen MR) is 87.0 cm³/mol. The molecule has 2 heterocycles. The van der Waals surface area contributed by atoms with Gasteiger partial charge in [0.1, 0.15) is 0 Å². The number of hydrogen-bond acceptors (Lipinski definition) is 5. The molecule has 0 radical (unpaired) electrons. The lowest BCUT2D eigenvalue weighted by Crippen LogP contribution is -2.41. The number of nitrogens with zero attached hydrogens (tertiary/aromatic N) is 4. The van der Waals surface area contributed by atoms with Crippen LogP contribution < -0.4 is 5.32 Å². The lowest BCUT2D eigenvalue weighted by atomic mass is 9.82. The summed E-state index contributed by atoms with van der Waals surface area (Å²) in [6.45, 7) is 6.60. The molecule has 1 fully saturated rings. The second kappa shape index (κ2) is 5.67. The van der Waals surface area contributed by atoms with Crippen LogP contribution in [0.15, 0.2) is 24.3 Å². The van der Waals surface area contributed by atoms with E-state index in [2.05, 4.69) is 46.8 Å². The molecule has 112 valence electrons. The third-order valence-corrected chi connectivity index (χ3v) is 5.24. The summed E-state index contributed by atoms with van der Waals surface area (Å²) in [6.07, 6.45) is 1.25. The number of aryl methyl sites for hydroxylation is 1. The summed E-state index contributed by atoms with van der Waals surface area (Å²) in [5.74, 6) is 3.21. The van der Waals surface area contributed by atoms with Crippen LogP contribution in [0.5, 0.6) is 0 Å². The predicted octanol–water partition coefficient (Wildman–Crippen LogP) is 2.91. The van der Waals surface area contributed by atoms with Crippen LogP contribution in [0.3, 0.4) is 0 Å². The molecule has 2 aromatic rings. The van der Waals surface area contributed by atoms with E-state index in [4.69, 9.17) is 0 Å². The highest BCUT2D eigenvalue weighted by molar-refractivity contribution is 7.99. The number of rotatable bonds is 3. The Kier molecular flexibility index (Phi) is 3.89. The molecule has 1 unspecified atom stereocenters. The van der Waals surface area contributed by atoms with E-state index < -0.39 is 0 Å². The molecule has 1 aromatic carbocycles. The van der Waals surface area contributed by atoms with Crippen molar-refractivity contribution in [1.82, 2.24) is 20.2 Å². The van der Waals surface area contributed by atoms with Gasteiger partial charge in [-0.1, -0.05) is 19.9 Å². The lowest BCUT2D eigenvalue weighted by Gasteiger charge is -2.39. The third kappa shape index (κ3) is 3.05. The summed E-state index contributed by atoms with van der Waals surface area (Å²) >= 11 is 2.03. The first-order valence-corrected chi connectivity index (χ1v) is 8.41. The summed E-state index contributed by atoms with van der Waals surface area (Å²) in [6, 6.07) is 8.77. The fourth-order valence-corrected chi connectivity index (χ4v) is 4.18. The zero-order valence-electron chi connectivity index (χ0n) is 12.7. The highest BCUT2D eigenvalue weighted by atomic mass is 32.2. The lowest BCUT2D eigenvalue weighted by molar-refractivity contribution is 0.305. The van der Waals surface area contributed by atoms with Crippen LogP contribution in [0.2, 0.25) is 0 Å². The van der Waals surface area contributed by atoms with Crippen molar-refractivity contribution in [1.29, 1.82) is 0 Å². The summed E-state index contributed by atoms with van der Waals surface area (Å²) in [5.41, 5.74) is 2.44. The Hall–Kier alpha value is -1.56. The minimum Gasteiger partial charge on any atom is -0.381 e. The van der Waals surface area contributed by atoms with E-state index in [1.54, 1.807) is 4.68 Å². The van der Waals surface area contributed by atoms with E-state index >= 15 is 0 Å². The van der Waals surface area contributed by atoms with Crippen LogP contribution in [0.1, 0.15) is 26.1 Å². The first kappa shape index (κ1) is 14.4. The van der Waals surface area contributed by atoms with Crippen LogP contribution in [0.4, 0.5) is 5.69 Å². The van der Waals surface area contributed by atoms with Gasteiger partial charge in [0.15, 0.2) is 5.82 Å². The Bertz CT molecular complexity index is 622. The number of aromatic nitrogens is 4. The number of anilines is 1. The Morgan fingerprint density at radius 1 is 1.38 bits per heavy atom. The maximum atomic E-state index is 4.03. The molecular formula is C15H21N5S. The molecule has 0 saturated carbocycles. The van der Waals surface area contributed by atoms with Gasteiger partial charge in [0.2, 0.25) is 0 Å². The first-order valence-electron chi connectivity index (χ1n) is 7.26. The van der Waals surface area contributed by atoms with Crippen molar-refractivity contribution in [2.75, 3.05) is 16.8 Å². The van der Waals surface area contributed by atoms with Crippen molar-refractivity contribution in [2.45, 2.75) is 33.2 Å². The van der Waals surface area contributed by atoms with Gasteiger partial charge in [-0.15, -0.1) is 5.10 Å². The molecule has 3 rings (SSSR count). The van der Waals surface area contributed by atoms with Gasteiger partial charge in [0.05, 0.1) is 5.69 Å². The molecule has 1 aliphatic rings. The Morgan fingerprint density at radius 2 is 2.24 bits per heavy atom. The van der Waals surface area contributed by atoms with Crippen LogP contribution in [0.25, 0.3) is 5.69 Å². The van der Waals surface area contributed by atoms with Gasteiger partial charge in [-0.3, -0.25) is 0 Å². The molecule has 1 saturated heterocycles. The average molecular weight is 303 g/mol. The number of nitrogens with one attached hydrogen (secondary N) is 1. The standard InChI is InChI=1S/C15H21N5S/c1-11-17-18-19-20(11)13-6-4-5-12(9-13)16-14-10-21-8-7-15(14,2)3/h4-6,9,14,16H,7-8,10H2,1-3H3. The Morgan fingerprint density at radius 3 is 2.95 bits per heavy atom. The smallest absolute Gasteiger partial charge is 0.153 e. The van der Waals surface area contributed by atoms with Crippen molar-refractivity contribution >= 4 is 17.4 Å². The number of benzene rings is 1. The molecule has 0 bridgehead atoms. The Labute approximate surface area is 129 Å². The second-order valence-corrected chi connectivity index (χ2v) is 7.35. The SMILES string of the molecule is Cc1nnnn1-c1cccc(NC2CSCCC2(C)C)c1. The zero-order valence-corrected chi connectivity index (χ0v) is 13.5. The molecule has 1 aromatic heterocycles. The minimum atomic E-state index is 0.325. The van der Waals surface area contributed by atoms with Crippen LogP contribution >= 0.6 is 11.8 Å². The van der Waals surface area contributed by atoms with E-state index in [1.165, 1.54) is 12.2 Å². The minimum absolute atomic E-state index is 0.325. The van der Waals surface area contributed by atoms with E-state index in [0.29, 0.717) is 11.5 Å². The number of thioether (sulfide) groups is 1. The molecule has 1 N–H and O–H groups in total. The normalized spacial score (nSPS) is 21.2. The van der Waals surface area contributed by atoms with Crippen molar-refractivity contribution in [3.05, 3.63) is 30.1 Å². The third-order valence-electron chi connectivity index (χ3n) is 4.18. The summed E-state index contributed by atoms with van der Waals surface area (Å²) < 4.78 is 1.76. The van der Waals surface area contributed by atoms with Crippen molar-refractivity contribution in [3.8, 4) is 5.69 Å². The molecule has 0 spiro atoms. The fraction of sp³-hybridized carbons (Fsp3) is 0.533. The number of hydrogen-bond donors (Lipinski definition) is 1. The second-order valence-electron chi connectivity index (χ2n) is 6.20. The van der Waals surface area contributed by atoms with Crippen LogP contribution in [0, 0.1) is 12.3 Å². The molecule has 1 aliphatic heterocycles. The van der Waals surface area contributed by atoms with Crippen LogP contribution in [-0.4, -0.2) is 37.8 Å². The highest BCUT2D eigenvalue weighted by Gasteiger charge is 2.32. The molecule has 6 heteroatoms. The first-order chi connectivity index (χ1) is 10.1. The molecule has 0 amide bonds. The molecule has 1 atom stereocenters. The summed E-state index contributed by atoms with van der Waals surface area (Å²) in [4.78, 5) is 0. The quantitative estimate of drug-likeness (QED) is 0.945. The van der Waals surface area contributed by atoms with Crippen molar-refractivity contribution in [3.63, 3.8) is 0 Å². The number of tetrazole rings is 1. The van der Waals surface area contributed by atoms with Gasteiger partial charge in [-0.2, -0.15) is 16.4 Å². The topological polar surface area (TPSA) is 55.6 Å². The average Bonchev–Trinajstić information content (AvgIpc) is 2.88. The largest absolute Gasteiger partial charge is 0.381 e. The zero-order chi connectivity index (χ0) is 14.9. The maximum Gasteiger partial charge on any atom is 0.153 e. The molecule has 21 heavy (non-hydrogen) atoms. The molecule has 5 nitrogen and oxygen atoms in total. The van der Waals surface area contributed by atoms with Gasteiger partial charge in [-0.05, 0) is 53.1 Å². The summed E-state index contributed by atoms with van der Waals surface area (Å²) in [7, 11) is 0. The molecular weight excluding hydrogens is 282 g/mol. The van der Waals surface area contributed by atoms with Gasteiger partial charge in [0.25, 0.3) is 0 Å². The molecule has 0 aliphatic carbocycles. The van der Waals surface area contributed by atoms with Crippen molar-refractivity contribution < 1.29 is 0 Å². The van der Waals surface area contributed by atoms with E-state index in [-0.39, 0.29) is 0 Å².